The number of aromatic nitrogens is 2. The molecule has 1 aromatic rings. The van der Waals surface area contributed by atoms with Crippen LogP contribution in [0.4, 0.5) is 5.82 Å². The summed E-state index contributed by atoms with van der Waals surface area (Å²) in [5.74, 6) is 0.912. The maximum atomic E-state index is 12.0. The number of nitrogens with one attached hydrogen (secondary N) is 1. The Labute approximate surface area is 101 Å². The Hall–Kier alpha value is -1.49. The van der Waals surface area contributed by atoms with Crippen molar-refractivity contribution in [3.8, 4) is 0 Å². The number of ether oxygens (including phenoxy) is 1. The molecule has 1 saturated heterocycles. The molecule has 0 bridgehead atoms. The van der Waals surface area contributed by atoms with Crippen molar-refractivity contribution in [3.63, 3.8) is 0 Å². The Morgan fingerprint density at radius 2 is 2.24 bits per heavy atom. The molecule has 1 aromatic heterocycles. The maximum Gasteiger partial charge on any atom is 0.228 e. The molecule has 5 heteroatoms. The molecule has 1 atom stereocenters. The molecule has 17 heavy (non-hydrogen) atoms. The molecule has 5 nitrogen and oxygen atoms in total. The predicted molar refractivity (Wildman–Crippen MR) is 63.4 cm³/mol. The van der Waals surface area contributed by atoms with Crippen LogP contribution in [0.5, 0.6) is 0 Å². The Balaban J connectivity index is 1.90. The summed E-state index contributed by atoms with van der Waals surface area (Å²) in [5.41, 5.74) is 0. The van der Waals surface area contributed by atoms with Gasteiger partial charge in [0, 0.05) is 31.5 Å². The molecular weight excluding hydrogens is 218 g/mol. The van der Waals surface area contributed by atoms with Crippen LogP contribution < -0.4 is 5.32 Å². The fourth-order valence-corrected chi connectivity index (χ4v) is 2.03. The molecule has 0 radical (unpaired) electrons. The van der Waals surface area contributed by atoms with Gasteiger partial charge in [-0.15, -0.1) is 0 Å². The first-order valence-corrected chi connectivity index (χ1v) is 5.92. The highest BCUT2D eigenvalue weighted by Gasteiger charge is 2.26. The lowest BCUT2D eigenvalue weighted by Gasteiger charge is -2.26. The topological polar surface area (TPSA) is 64.1 Å². The second-order valence-corrected chi connectivity index (χ2v) is 4.32. The number of rotatable bonds is 3. The first-order chi connectivity index (χ1) is 8.27. The van der Waals surface area contributed by atoms with E-state index in [1.807, 2.05) is 6.92 Å². The molecule has 1 amide bonds. The highest BCUT2D eigenvalue weighted by Crippen LogP contribution is 2.24. The summed E-state index contributed by atoms with van der Waals surface area (Å²) in [7, 11) is 0. The Bertz CT molecular complexity index is 363. The minimum absolute atomic E-state index is 0.0115. The SMILES string of the molecule is C[C@H](C(=O)Nc1cnccn1)C1CCOCC1. The number of nitrogens with zero attached hydrogens (tertiary/aromatic N) is 2. The van der Waals surface area contributed by atoms with Gasteiger partial charge in [0.25, 0.3) is 0 Å². The van der Waals surface area contributed by atoms with E-state index in [1.54, 1.807) is 18.6 Å². The third-order valence-electron chi connectivity index (χ3n) is 3.20. The first-order valence-electron chi connectivity index (χ1n) is 5.92. The molecule has 0 saturated carbocycles. The Morgan fingerprint density at radius 3 is 2.88 bits per heavy atom. The normalized spacial score (nSPS) is 18.6. The fraction of sp³-hybridized carbons (Fsp3) is 0.583. The van der Waals surface area contributed by atoms with Crippen LogP contribution in [-0.4, -0.2) is 29.1 Å². The van der Waals surface area contributed by atoms with Crippen LogP contribution in [0.1, 0.15) is 19.8 Å². The minimum Gasteiger partial charge on any atom is -0.381 e. The largest absolute Gasteiger partial charge is 0.381 e. The van der Waals surface area contributed by atoms with E-state index in [9.17, 15) is 4.79 Å². The van der Waals surface area contributed by atoms with Gasteiger partial charge in [-0.3, -0.25) is 9.78 Å². The summed E-state index contributed by atoms with van der Waals surface area (Å²) >= 11 is 0. The molecule has 1 aliphatic heterocycles. The van der Waals surface area contributed by atoms with Gasteiger partial charge >= 0.3 is 0 Å². The molecule has 1 aliphatic rings. The number of hydrogen-bond donors (Lipinski definition) is 1. The van der Waals surface area contributed by atoms with Gasteiger partial charge in [0.05, 0.1) is 6.20 Å². The second kappa shape index (κ2) is 5.72. The van der Waals surface area contributed by atoms with E-state index in [-0.39, 0.29) is 11.8 Å². The fourth-order valence-electron chi connectivity index (χ4n) is 2.03. The number of anilines is 1. The Morgan fingerprint density at radius 1 is 1.47 bits per heavy atom. The molecule has 1 N–H and O–H groups in total. The van der Waals surface area contributed by atoms with Gasteiger partial charge in [-0.2, -0.15) is 0 Å². The van der Waals surface area contributed by atoms with Gasteiger partial charge < -0.3 is 10.1 Å². The van der Waals surface area contributed by atoms with Crippen molar-refractivity contribution in [1.29, 1.82) is 0 Å². The summed E-state index contributed by atoms with van der Waals surface area (Å²) in [6.45, 7) is 3.47. The predicted octanol–water partition coefficient (Wildman–Crippen LogP) is 1.48. The van der Waals surface area contributed by atoms with Crippen LogP contribution in [0.3, 0.4) is 0 Å². The molecule has 1 fully saturated rings. The summed E-state index contributed by atoms with van der Waals surface area (Å²) in [4.78, 5) is 19.9. The molecule has 0 aliphatic carbocycles. The van der Waals surface area contributed by atoms with E-state index in [2.05, 4.69) is 15.3 Å². The molecule has 0 spiro atoms. The van der Waals surface area contributed by atoms with Gasteiger partial charge in [-0.25, -0.2) is 4.98 Å². The van der Waals surface area contributed by atoms with Gasteiger partial charge in [0.2, 0.25) is 5.91 Å². The van der Waals surface area contributed by atoms with E-state index < -0.39 is 0 Å². The molecule has 2 rings (SSSR count). The molecule has 2 heterocycles. The number of amides is 1. The van der Waals surface area contributed by atoms with Gasteiger partial charge in [-0.05, 0) is 18.8 Å². The van der Waals surface area contributed by atoms with Crippen molar-refractivity contribution in [1.82, 2.24) is 9.97 Å². The number of carbonyl (C=O) groups excluding carboxylic acids is 1. The van der Waals surface area contributed by atoms with E-state index in [0.29, 0.717) is 11.7 Å². The third kappa shape index (κ3) is 3.23. The van der Waals surface area contributed by atoms with Crippen molar-refractivity contribution in [3.05, 3.63) is 18.6 Å². The van der Waals surface area contributed by atoms with Crippen molar-refractivity contribution < 1.29 is 9.53 Å². The van der Waals surface area contributed by atoms with Crippen LogP contribution in [0.25, 0.3) is 0 Å². The lowest BCUT2D eigenvalue weighted by Crippen LogP contribution is -2.31. The summed E-state index contributed by atoms with van der Waals surface area (Å²) < 4.78 is 5.29. The van der Waals surface area contributed by atoms with Crippen molar-refractivity contribution in [2.75, 3.05) is 18.5 Å². The van der Waals surface area contributed by atoms with E-state index in [0.717, 1.165) is 26.1 Å². The zero-order valence-electron chi connectivity index (χ0n) is 9.93. The van der Waals surface area contributed by atoms with E-state index in [1.165, 1.54) is 0 Å². The van der Waals surface area contributed by atoms with Gasteiger partial charge in [0.1, 0.15) is 0 Å². The monoisotopic (exact) mass is 235 g/mol. The summed E-state index contributed by atoms with van der Waals surface area (Å²) in [6.07, 6.45) is 6.60. The number of carbonyl (C=O) groups is 1. The maximum absolute atomic E-state index is 12.0. The highest BCUT2D eigenvalue weighted by atomic mass is 16.5. The first kappa shape index (κ1) is 12.0. The third-order valence-corrected chi connectivity index (χ3v) is 3.20. The Kier molecular flexibility index (Phi) is 4.03. The summed E-state index contributed by atoms with van der Waals surface area (Å²) in [6, 6.07) is 0. The average molecular weight is 235 g/mol. The highest BCUT2D eigenvalue weighted by molar-refractivity contribution is 5.91. The van der Waals surface area contributed by atoms with Crippen molar-refractivity contribution in [2.24, 2.45) is 11.8 Å². The lowest BCUT2D eigenvalue weighted by atomic mass is 9.87. The van der Waals surface area contributed by atoms with Crippen molar-refractivity contribution >= 4 is 11.7 Å². The van der Waals surface area contributed by atoms with Crippen LogP contribution in [0.15, 0.2) is 18.6 Å². The quantitative estimate of drug-likeness (QED) is 0.861. The number of hydrogen-bond acceptors (Lipinski definition) is 4. The van der Waals surface area contributed by atoms with E-state index in [4.69, 9.17) is 4.74 Å². The van der Waals surface area contributed by atoms with Gasteiger partial charge in [0.15, 0.2) is 5.82 Å². The van der Waals surface area contributed by atoms with Crippen LogP contribution in [0.2, 0.25) is 0 Å². The molecular formula is C12H17N3O2. The van der Waals surface area contributed by atoms with Crippen LogP contribution in [-0.2, 0) is 9.53 Å². The average Bonchev–Trinajstić information content (AvgIpc) is 2.40. The van der Waals surface area contributed by atoms with Crippen LogP contribution in [0, 0.1) is 11.8 Å². The van der Waals surface area contributed by atoms with E-state index >= 15 is 0 Å². The lowest BCUT2D eigenvalue weighted by molar-refractivity contribution is -0.122. The molecule has 0 unspecified atom stereocenters. The standard InChI is InChI=1S/C12H17N3O2/c1-9(10-2-6-17-7-3-10)12(16)15-11-8-13-4-5-14-11/h4-5,8-10H,2-3,6-7H2,1H3,(H,14,15,16)/t9-/m0/s1. The van der Waals surface area contributed by atoms with Crippen molar-refractivity contribution in [2.45, 2.75) is 19.8 Å². The molecule has 92 valence electrons. The minimum atomic E-state index is -0.0130. The van der Waals surface area contributed by atoms with Gasteiger partial charge in [-0.1, -0.05) is 6.92 Å². The second-order valence-electron chi connectivity index (χ2n) is 4.32. The summed E-state index contributed by atoms with van der Waals surface area (Å²) in [5, 5.41) is 2.79. The van der Waals surface area contributed by atoms with Crippen LogP contribution >= 0.6 is 0 Å². The molecule has 0 aromatic carbocycles. The zero-order chi connectivity index (χ0) is 12.1. The smallest absolute Gasteiger partial charge is 0.228 e. The zero-order valence-corrected chi connectivity index (χ0v) is 9.93.